The lowest BCUT2D eigenvalue weighted by molar-refractivity contribution is 0.281. The predicted octanol–water partition coefficient (Wildman–Crippen LogP) is 4.27. The number of halogens is 1. The average Bonchev–Trinajstić information content (AvgIpc) is 3.35. The van der Waals surface area contributed by atoms with Gasteiger partial charge in [-0.3, -0.25) is 0 Å². The fraction of sp³-hybridized carbons (Fsp3) is 0.444. The molecule has 1 aliphatic rings. The molecule has 128 valence electrons. The zero-order valence-electron chi connectivity index (χ0n) is 14.2. The summed E-state index contributed by atoms with van der Waals surface area (Å²) in [6.45, 7) is 6.11. The van der Waals surface area contributed by atoms with Crippen LogP contribution in [-0.4, -0.2) is 27.7 Å². The van der Waals surface area contributed by atoms with Crippen molar-refractivity contribution in [3.05, 3.63) is 39.5 Å². The number of aliphatic hydroxyl groups excluding tert-OH is 1. The maximum absolute atomic E-state index is 9.25. The summed E-state index contributed by atoms with van der Waals surface area (Å²) in [7, 11) is 0. The summed E-state index contributed by atoms with van der Waals surface area (Å²) < 4.78 is 1.07. The highest BCUT2D eigenvalue weighted by Gasteiger charge is 2.26. The molecule has 0 amide bonds. The summed E-state index contributed by atoms with van der Waals surface area (Å²) in [5.74, 6) is 1.88. The molecule has 1 aliphatic carbocycles. The number of aliphatic hydroxyl groups is 1. The van der Waals surface area contributed by atoms with E-state index in [4.69, 9.17) is 0 Å². The second-order valence-corrected chi connectivity index (χ2v) is 7.46. The summed E-state index contributed by atoms with van der Waals surface area (Å²) >= 11 is 3.53. The number of nitrogens with one attached hydrogen (secondary N) is 2. The number of aromatic nitrogens is 2. The van der Waals surface area contributed by atoms with Gasteiger partial charge in [0.05, 0.1) is 12.3 Å². The fourth-order valence-electron chi connectivity index (χ4n) is 2.68. The van der Waals surface area contributed by atoms with Crippen LogP contribution in [0.5, 0.6) is 0 Å². The van der Waals surface area contributed by atoms with Gasteiger partial charge in [0.2, 0.25) is 5.95 Å². The highest BCUT2D eigenvalue weighted by Crippen LogP contribution is 2.40. The lowest BCUT2D eigenvalue weighted by atomic mass is 10.1. The molecule has 1 atom stereocenters. The van der Waals surface area contributed by atoms with E-state index in [1.54, 1.807) is 0 Å². The maximum atomic E-state index is 9.25. The van der Waals surface area contributed by atoms with Crippen molar-refractivity contribution in [2.24, 2.45) is 0 Å². The van der Waals surface area contributed by atoms with Crippen LogP contribution in [0.3, 0.4) is 0 Å². The van der Waals surface area contributed by atoms with Crippen molar-refractivity contribution in [2.75, 3.05) is 17.2 Å². The summed E-state index contributed by atoms with van der Waals surface area (Å²) in [4.78, 5) is 9.18. The number of anilines is 3. The van der Waals surface area contributed by atoms with Crippen LogP contribution in [-0.2, 0) is 0 Å². The largest absolute Gasteiger partial charge is 0.394 e. The molecule has 1 aromatic heterocycles. The highest BCUT2D eigenvalue weighted by atomic mass is 79.9. The van der Waals surface area contributed by atoms with Gasteiger partial charge in [0.1, 0.15) is 5.82 Å². The van der Waals surface area contributed by atoms with Crippen molar-refractivity contribution in [1.82, 2.24) is 9.97 Å². The molecule has 0 unspecified atom stereocenters. The van der Waals surface area contributed by atoms with Gasteiger partial charge in [0.15, 0.2) is 0 Å². The van der Waals surface area contributed by atoms with Crippen LogP contribution in [0.25, 0.3) is 0 Å². The Bertz CT molecular complexity index is 723. The molecule has 0 saturated heterocycles. The van der Waals surface area contributed by atoms with E-state index in [2.05, 4.69) is 62.5 Å². The molecule has 24 heavy (non-hydrogen) atoms. The summed E-state index contributed by atoms with van der Waals surface area (Å²) in [5, 5.41) is 15.9. The topological polar surface area (TPSA) is 70.1 Å². The second kappa shape index (κ2) is 7.07. The number of hydrogen-bond donors (Lipinski definition) is 3. The van der Waals surface area contributed by atoms with Crippen molar-refractivity contribution in [1.29, 1.82) is 0 Å². The lowest BCUT2D eigenvalue weighted by Crippen LogP contribution is -2.21. The molecule has 0 bridgehead atoms. The average molecular weight is 391 g/mol. The minimum Gasteiger partial charge on any atom is -0.394 e. The molecule has 0 spiro atoms. The van der Waals surface area contributed by atoms with Gasteiger partial charge < -0.3 is 15.7 Å². The smallest absolute Gasteiger partial charge is 0.225 e. The SMILES string of the molecule is Cc1cc(Br)cc(C)c1Nc1cc(C2CC2)nc(N[C@@H](C)CO)n1. The van der Waals surface area contributed by atoms with Crippen LogP contribution in [0.1, 0.15) is 42.5 Å². The third-order valence-electron chi connectivity index (χ3n) is 4.14. The molecule has 1 heterocycles. The lowest BCUT2D eigenvalue weighted by Gasteiger charge is -2.16. The van der Waals surface area contributed by atoms with Gasteiger partial charge in [-0.05, 0) is 56.9 Å². The van der Waals surface area contributed by atoms with Gasteiger partial charge in [0, 0.05) is 28.2 Å². The third-order valence-corrected chi connectivity index (χ3v) is 4.60. The zero-order chi connectivity index (χ0) is 17.3. The molecule has 3 rings (SSSR count). The van der Waals surface area contributed by atoms with Crippen LogP contribution in [0, 0.1) is 13.8 Å². The molecule has 1 aromatic carbocycles. The number of aryl methyl sites for hydroxylation is 2. The number of rotatable bonds is 6. The Morgan fingerprint density at radius 1 is 1.21 bits per heavy atom. The Balaban J connectivity index is 1.92. The van der Waals surface area contributed by atoms with E-state index in [1.807, 2.05) is 13.0 Å². The highest BCUT2D eigenvalue weighted by molar-refractivity contribution is 9.10. The minimum atomic E-state index is -0.0801. The van der Waals surface area contributed by atoms with Crippen LogP contribution in [0.15, 0.2) is 22.7 Å². The summed E-state index contributed by atoms with van der Waals surface area (Å²) in [5.41, 5.74) is 4.45. The molecule has 2 aromatic rings. The summed E-state index contributed by atoms with van der Waals surface area (Å²) in [6, 6.07) is 6.13. The Kier molecular flexibility index (Phi) is 5.06. The molecule has 0 radical (unpaired) electrons. The van der Waals surface area contributed by atoms with Gasteiger partial charge in [-0.15, -0.1) is 0 Å². The normalized spacial score (nSPS) is 15.2. The van der Waals surface area contributed by atoms with Crippen LogP contribution >= 0.6 is 15.9 Å². The Labute approximate surface area is 151 Å². The van der Waals surface area contributed by atoms with Crippen molar-refractivity contribution in [3.8, 4) is 0 Å². The van der Waals surface area contributed by atoms with Crippen LogP contribution in [0.2, 0.25) is 0 Å². The van der Waals surface area contributed by atoms with E-state index in [9.17, 15) is 5.11 Å². The van der Waals surface area contributed by atoms with Gasteiger partial charge in [-0.2, -0.15) is 4.98 Å². The number of nitrogens with zero attached hydrogens (tertiary/aromatic N) is 2. The first-order valence-electron chi connectivity index (χ1n) is 8.26. The van der Waals surface area contributed by atoms with Gasteiger partial charge in [0.25, 0.3) is 0 Å². The molecule has 5 nitrogen and oxygen atoms in total. The van der Waals surface area contributed by atoms with Crippen molar-refractivity contribution < 1.29 is 5.11 Å². The first-order valence-corrected chi connectivity index (χ1v) is 9.05. The standard InChI is InChI=1S/C18H23BrN4O/c1-10-6-14(19)7-11(2)17(10)22-16-8-15(13-4-5-13)21-18(23-16)20-12(3)9-24/h6-8,12-13,24H,4-5,9H2,1-3H3,(H2,20,21,22,23)/t12-/m0/s1. The van der Waals surface area contributed by atoms with E-state index >= 15 is 0 Å². The maximum Gasteiger partial charge on any atom is 0.225 e. The first kappa shape index (κ1) is 17.2. The first-order chi connectivity index (χ1) is 11.5. The summed E-state index contributed by atoms with van der Waals surface area (Å²) in [6.07, 6.45) is 2.36. The minimum absolute atomic E-state index is 0.0463. The van der Waals surface area contributed by atoms with E-state index in [-0.39, 0.29) is 12.6 Å². The van der Waals surface area contributed by atoms with E-state index in [0.717, 1.165) is 32.8 Å². The Morgan fingerprint density at radius 3 is 2.46 bits per heavy atom. The molecule has 6 heteroatoms. The fourth-order valence-corrected chi connectivity index (χ4v) is 3.37. The Hall–Kier alpha value is -1.66. The van der Waals surface area contributed by atoms with E-state index < -0.39 is 0 Å². The molecular weight excluding hydrogens is 368 g/mol. The quantitative estimate of drug-likeness (QED) is 0.686. The van der Waals surface area contributed by atoms with Crippen molar-refractivity contribution in [3.63, 3.8) is 0 Å². The zero-order valence-corrected chi connectivity index (χ0v) is 15.8. The number of hydrogen-bond acceptors (Lipinski definition) is 5. The van der Waals surface area contributed by atoms with Crippen LogP contribution in [0.4, 0.5) is 17.5 Å². The third kappa shape index (κ3) is 4.05. The van der Waals surface area contributed by atoms with Crippen LogP contribution < -0.4 is 10.6 Å². The molecule has 1 fully saturated rings. The molecule has 3 N–H and O–H groups in total. The van der Waals surface area contributed by atoms with Crippen molar-refractivity contribution in [2.45, 2.75) is 45.6 Å². The van der Waals surface area contributed by atoms with E-state index in [0.29, 0.717) is 11.9 Å². The van der Waals surface area contributed by atoms with Gasteiger partial charge >= 0.3 is 0 Å². The molecular formula is C18H23BrN4O. The second-order valence-electron chi connectivity index (χ2n) is 6.54. The van der Waals surface area contributed by atoms with Gasteiger partial charge in [-0.25, -0.2) is 4.98 Å². The predicted molar refractivity (Wildman–Crippen MR) is 101 cm³/mol. The molecule has 1 saturated carbocycles. The number of benzene rings is 1. The van der Waals surface area contributed by atoms with E-state index in [1.165, 1.54) is 12.8 Å². The monoisotopic (exact) mass is 390 g/mol. The molecule has 0 aliphatic heterocycles. The van der Waals surface area contributed by atoms with Gasteiger partial charge in [-0.1, -0.05) is 15.9 Å². The Morgan fingerprint density at radius 2 is 1.88 bits per heavy atom. The van der Waals surface area contributed by atoms with Crippen molar-refractivity contribution >= 4 is 33.4 Å².